The highest BCUT2D eigenvalue weighted by Gasteiger charge is 2.25. The zero-order valence-corrected chi connectivity index (χ0v) is 19.0. The highest BCUT2D eigenvalue weighted by Crippen LogP contribution is 2.25. The van der Waals surface area contributed by atoms with Gasteiger partial charge >= 0.3 is 0 Å². The first-order chi connectivity index (χ1) is 16.0. The van der Waals surface area contributed by atoms with Crippen molar-refractivity contribution in [3.05, 3.63) is 46.4 Å². The van der Waals surface area contributed by atoms with Crippen molar-refractivity contribution in [1.82, 2.24) is 30.4 Å². The lowest BCUT2D eigenvalue weighted by Gasteiger charge is -2.35. The summed E-state index contributed by atoms with van der Waals surface area (Å²) in [6, 6.07) is 8.29. The molecule has 0 spiro atoms. The average Bonchev–Trinajstić information content (AvgIpc) is 2.80. The van der Waals surface area contributed by atoms with Crippen LogP contribution in [-0.2, 0) is 11.3 Å². The smallest absolute Gasteiger partial charge is 0.277 e. The number of rotatable bonds is 5. The standard InChI is InChI=1S/C23H30N8O2/c1-15-12-31(13-16(2)33-15)23-27-19-11-25-29-22(32)20(19)21(28-23)26-18-5-3-17(4-6-18)14-30-9-7-24-8-10-30/h3-6,11,15-16,24H,7-10,12-14H2,1-2H3,(H,29,32)(H,26,27,28). The molecule has 10 heteroatoms. The van der Waals surface area contributed by atoms with Crippen LogP contribution in [0.1, 0.15) is 19.4 Å². The monoisotopic (exact) mass is 450 g/mol. The van der Waals surface area contributed by atoms with Crippen molar-refractivity contribution in [3.63, 3.8) is 0 Å². The van der Waals surface area contributed by atoms with Gasteiger partial charge in [0.2, 0.25) is 5.95 Å². The van der Waals surface area contributed by atoms with Crippen molar-refractivity contribution in [2.45, 2.75) is 32.6 Å². The van der Waals surface area contributed by atoms with Crippen LogP contribution >= 0.6 is 0 Å². The predicted octanol–water partition coefficient (Wildman–Crippen LogP) is 1.48. The number of hydrogen-bond donors (Lipinski definition) is 3. The Morgan fingerprint density at radius 1 is 1.09 bits per heavy atom. The lowest BCUT2D eigenvalue weighted by Crippen LogP contribution is -2.46. The normalized spacial score (nSPS) is 21.9. The van der Waals surface area contributed by atoms with E-state index in [1.165, 1.54) is 5.56 Å². The van der Waals surface area contributed by atoms with Crippen LogP contribution in [0.3, 0.4) is 0 Å². The fourth-order valence-electron chi connectivity index (χ4n) is 4.52. The van der Waals surface area contributed by atoms with Gasteiger partial charge in [-0.05, 0) is 31.5 Å². The summed E-state index contributed by atoms with van der Waals surface area (Å²) < 4.78 is 5.85. The summed E-state index contributed by atoms with van der Waals surface area (Å²) >= 11 is 0. The molecular formula is C23H30N8O2. The molecule has 2 fully saturated rings. The molecule has 2 aliphatic heterocycles. The number of nitrogens with one attached hydrogen (secondary N) is 3. The van der Waals surface area contributed by atoms with E-state index in [2.05, 4.69) is 47.7 Å². The number of benzene rings is 1. The lowest BCUT2D eigenvalue weighted by atomic mass is 10.2. The Morgan fingerprint density at radius 2 is 1.82 bits per heavy atom. The summed E-state index contributed by atoms with van der Waals surface area (Å²) in [6.45, 7) is 10.6. The second-order valence-electron chi connectivity index (χ2n) is 8.84. The van der Waals surface area contributed by atoms with Gasteiger partial charge in [0.25, 0.3) is 5.56 Å². The second-order valence-corrected chi connectivity index (χ2v) is 8.84. The molecule has 0 amide bonds. The molecule has 0 radical (unpaired) electrons. The zero-order valence-electron chi connectivity index (χ0n) is 19.0. The molecule has 3 aromatic rings. The van der Waals surface area contributed by atoms with Crippen LogP contribution in [0.5, 0.6) is 0 Å². The average molecular weight is 451 g/mol. The number of piperazine rings is 1. The molecule has 2 unspecified atom stereocenters. The SMILES string of the molecule is CC1CN(c2nc(Nc3ccc(CN4CCNCC4)cc3)c3c(=O)[nH]ncc3n2)CC(C)O1. The number of anilines is 3. The number of hydrogen-bond acceptors (Lipinski definition) is 9. The van der Waals surface area contributed by atoms with E-state index in [9.17, 15) is 4.79 Å². The number of morpholine rings is 1. The van der Waals surface area contributed by atoms with Crippen LogP contribution < -0.4 is 21.1 Å². The summed E-state index contributed by atoms with van der Waals surface area (Å²) in [5.41, 5.74) is 2.31. The molecule has 33 heavy (non-hydrogen) atoms. The van der Waals surface area contributed by atoms with Crippen LogP contribution in [0.15, 0.2) is 35.3 Å². The van der Waals surface area contributed by atoms with Crippen molar-refractivity contribution in [2.24, 2.45) is 0 Å². The highest BCUT2D eigenvalue weighted by molar-refractivity contribution is 5.90. The zero-order chi connectivity index (χ0) is 22.8. The first-order valence-electron chi connectivity index (χ1n) is 11.5. The minimum atomic E-state index is -0.319. The predicted molar refractivity (Wildman–Crippen MR) is 128 cm³/mol. The Morgan fingerprint density at radius 3 is 2.55 bits per heavy atom. The van der Waals surface area contributed by atoms with Crippen LogP contribution in [0, 0.1) is 0 Å². The first kappa shape index (κ1) is 21.7. The Bertz CT molecular complexity index is 1150. The minimum absolute atomic E-state index is 0.0741. The van der Waals surface area contributed by atoms with Crippen molar-refractivity contribution >= 4 is 28.4 Å². The van der Waals surface area contributed by atoms with Gasteiger partial charge in [-0.2, -0.15) is 10.1 Å². The molecule has 10 nitrogen and oxygen atoms in total. The van der Waals surface area contributed by atoms with Crippen LogP contribution in [-0.4, -0.2) is 76.5 Å². The van der Waals surface area contributed by atoms with Gasteiger partial charge in [-0.3, -0.25) is 9.69 Å². The largest absolute Gasteiger partial charge is 0.372 e. The second kappa shape index (κ2) is 9.42. The van der Waals surface area contributed by atoms with Crippen LogP contribution in [0.25, 0.3) is 10.9 Å². The topological polar surface area (TPSA) is 111 Å². The highest BCUT2D eigenvalue weighted by atomic mass is 16.5. The number of ether oxygens (including phenoxy) is 1. The van der Waals surface area contributed by atoms with E-state index in [1.807, 2.05) is 26.0 Å². The van der Waals surface area contributed by atoms with Gasteiger partial charge in [0, 0.05) is 51.5 Å². The third-order valence-electron chi connectivity index (χ3n) is 6.04. The minimum Gasteiger partial charge on any atom is -0.372 e. The third-order valence-corrected chi connectivity index (χ3v) is 6.04. The van der Waals surface area contributed by atoms with Gasteiger partial charge in [0.1, 0.15) is 16.7 Å². The maximum atomic E-state index is 12.6. The number of nitrogens with zero attached hydrogens (tertiary/aromatic N) is 5. The van der Waals surface area contributed by atoms with Crippen molar-refractivity contribution in [1.29, 1.82) is 0 Å². The van der Waals surface area contributed by atoms with Gasteiger partial charge in [-0.15, -0.1) is 0 Å². The maximum absolute atomic E-state index is 12.6. The number of aromatic amines is 1. The van der Waals surface area contributed by atoms with Crippen molar-refractivity contribution in [2.75, 3.05) is 49.5 Å². The van der Waals surface area contributed by atoms with Gasteiger partial charge in [0.05, 0.1) is 18.4 Å². The fourth-order valence-corrected chi connectivity index (χ4v) is 4.52. The van der Waals surface area contributed by atoms with Gasteiger partial charge in [-0.1, -0.05) is 12.1 Å². The molecule has 0 saturated carbocycles. The molecule has 0 bridgehead atoms. The fraction of sp³-hybridized carbons (Fsp3) is 0.478. The number of fused-ring (bicyclic) bond motifs is 1. The molecule has 0 aliphatic carbocycles. The molecule has 2 saturated heterocycles. The molecule has 174 valence electrons. The summed E-state index contributed by atoms with van der Waals surface area (Å²) in [4.78, 5) is 26.5. The molecule has 1 aromatic carbocycles. The number of H-pyrrole nitrogens is 1. The molecular weight excluding hydrogens is 420 g/mol. The molecule has 2 aliphatic rings. The summed E-state index contributed by atoms with van der Waals surface area (Å²) in [7, 11) is 0. The van der Waals surface area contributed by atoms with E-state index in [1.54, 1.807) is 6.20 Å². The Hall–Kier alpha value is -3.08. The molecule has 3 N–H and O–H groups in total. The molecule has 2 aromatic heterocycles. The summed E-state index contributed by atoms with van der Waals surface area (Å²) in [5.74, 6) is 1.04. The Labute approximate surface area is 192 Å². The van der Waals surface area contributed by atoms with E-state index in [0.717, 1.165) is 38.4 Å². The first-order valence-corrected chi connectivity index (χ1v) is 11.5. The summed E-state index contributed by atoms with van der Waals surface area (Å²) in [6.07, 6.45) is 1.71. The quantitative estimate of drug-likeness (QED) is 0.532. The van der Waals surface area contributed by atoms with Gasteiger partial charge < -0.3 is 20.3 Å². The molecule has 4 heterocycles. The van der Waals surface area contributed by atoms with E-state index >= 15 is 0 Å². The molecule has 2 atom stereocenters. The van der Waals surface area contributed by atoms with Crippen LogP contribution in [0.2, 0.25) is 0 Å². The van der Waals surface area contributed by atoms with Crippen molar-refractivity contribution < 1.29 is 4.74 Å². The Balaban J connectivity index is 1.42. The van der Waals surface area contributed by atoms with E-state index in [-0.39, 0.29) is 17.8 Å². The van der Waals surface area contributed by atoms with E-state index < -0.39 is 0 Å². The van der Waals surface area contributed by atoms with Gasteiger partial charge in [-0.25, -0.2) is 10.1 Å². The third kappa shape index (κ3) is 4.97. The summed E-state index contributed by atoms with van der Waals surface area (Å²) in [5, 5.41) is 13.6. The number of aromatic nitrogens is 4. The van der Waals surface area contributed by atoms with Gasteiger partial charge in [0.15, 0.2) is 0 Å². The Kier molecular flexibility index (Phi) is 6.21. The molecule has 5 rings (SSSR count). The maximum Gasteiger partial charge on any atom is 0.277 e. The van der Waals surface area contributed by atoms with Crippen LogP contribution in [0.4, 0.5) is 17.5 Å². The van der Waals surface area contributed by atoms with E-state index in [0.29, 0.717) is 35.8 Å². The van der Waals surface area contributed by atoms with E-state index in [4.69, 9.17) is 9.72 Å². The van der Waals surface area contributed by atoms with Crippen molar-refractivity contribution in [3.8, 4) is 0 Å². The lowest BCUT2D eigenvalue weighted by molar-refractivity contribution is -0.00569.